The zero-order chi connectivity index (χ0) is 49.5. The van der Waals surface area contributed by atoms with E-state index in [4.69, 9.17) is 20.4 Å². The van der Waals surface area contributed by atoms with Crippen LogP contribution in [0.25, 0.3) is 0 Å². The maximum Gasteiger partial charge on any atom is 0.303 e. The van der Waals surface area contributed by atoms with Gasteiger partial charge in [-0.15, -0.1) is 0 Å². The Bertz CT molecular complexity index is 803. The number of carbonyl (C=O) groups is 2. The fraction of sp³-hybridized carbons (Fsp3) is 0.967. The molecule has 0 spiro atoms. The van der Waals surface area contributed by atoms with Crippen molar-refractivity contribution in [2.45, 2.75) is 348 Å². The molecule has 0 saturated carbocycles. The van der Waals surface area contributed by atoms with Crippen LogP contribution in [0.5, 0.6) is 0 Å². The van der Waals surface area contributed by atoms with Crippen molar-refractivity contribution in [1.82, 2.24) is 5.32 Å². The summed E-state index contributed by atoms with van der Waals surface area (Å²) >= 11 is 0. The number of hydrogen-bond acceptors (Lipinski definition) is 5. The minimum absolute atomic E-state index is 0.139. The molecule has 0 aliphatic heterocycles. The molecule has 0 radical (unpaired) electrons. The summed E-state index contributed by atoms with van der Waals surface area (Å²) in [6.45, 7) is 6.01. The molecule has 0 atom stereocenters. The molecule has 7 heteroatoms. The van der Waals surface area contributed by atoms with Gasteiger partial charge in [-0.1, -0.05) is 322 Å². The molecule has 0 saturated heterocycles. The fourth-order valence-corrected chi connectivity index (χ4v) is 9.11. The third-order valence-electron chi connectivity index (χ3n) is 13.6. The molecule has 7 nitrogen and oxygen atoms in total. The average Bonchev–Trinajstić information content (AvgIpc) is 3.32. The lowest BCUT2D eigenvalue weighted by Crippen LogP contribution is -2.21. The van der Waals surface area contributed by atoms with E-state index in [1.54, 1.807) is 0 Å². The Kier molecular flexibility index (Phi) is 72.3. The largest absolute Gasteiger partial charge is 0.481 e. The van der Waals surface area contributed by atoms with Crippen molar-refractivity contribution in [2.24, 2.45) is 0 Å². The normalized spacial score (nSPS) is 11.0. The van der Waals surface area contributed by atoms with Gasteiger partial charge in [-0.2, -0.15) is 0 Å². The molecule has 0 aromatic rings. The quantitative estimate of drug-likeness (QED) is 0.0384. The molecule has 404 valence electrons. The fourth-order valence-electron chi connectivity index (χ4n) is 9.11. The van der Waals surface area contributed by atoms with E-state index in [1.165, 1.54) is 295 Å². The highest BCUT2D eigenvalue weighted by Crippen LogP contribution is 2.18. The van der Waals surface area contributed by atoms with Crippen molar-refractivity contribution < 1.29 is 30.0 Å². The van der Waals surface area contributed by atoms with Gasteiger partial charge in [-0.05, 0) is 12.8 Å². The molecule has 67 heavy (non-hydrogen) atoms. The molecule has 0 unspecified atom stereocenters. The van der Waals surface area contributed by atoms with Gasteiger partial charge in [-0.25, -0.2) is 0 Å². The van der Waals surface area contributed by atoms with Gasteiger partial charge in [0.2, 0.25) is 0 Å². The first kappa shape index (κ1) is 70.1. The van der Waals surface area contributed by atoms with Crippen LogP contribution in [0.4, 0.5) is 0 Å². The van der Waals surface area contributed by atoms with Crippen LogP contribution < -0.4 is 5.32 Å². The first-order chi connectivity index (χ1) is 33.0. The number of unbranched alkanes of at least 4 members (excludes halogenated alkanes) is 48. The van der Waals surface area contributed by atoms with Gasteiger partial charge in [0.25, 0.3) is 0 Å². The van der Waals surface area contributed by atoms with E-state index in [0.717, 1.165) is 25.7 Å². The number of carboxylic acid groups (broad SMARTS) is 2. The predicted octanol–water partition coefficient (Wildman–Crippen LogP) is 19.0. The van der Waals surface area contributed by atoms with Crippen LogP contribution in [0.15, 0.2) is 0 Å². The van der Waals surface area contributed by atoms with Gasteiger partial charge < -0.3 is 25.7 Å². The first-order valence-electron chi connectivity index (χ1n) is 30.3. The highest BCUT2D eigenvalue weighted by molar-refractivity contribution is 5.66. The van der Waals surface area contributed by atoms with Gasteiger partial charge in [0.1, 0.15) is 0 Å². The van der Waals surface area contributed by atoms with Crippen LogP contribution in [-0.2, 0) is 9.59 Å². The summed E-state index contributed by atoms with van der Waals surface area (Å²) in [6, 6.07) is 0. The Hall–Kier alpha value is -1.18. The minimum atomic E-state index is -0.649. The summed E-state index contributed by atoms with van der Waals surface area (Å²) in [5, 5.41) is 36.3. The number of rotatable bonds is 56. The van der Waals surface area contributed by atoms with E-state index < -0.39 is 11.9 Å². The molecule has 0 rings (SSSR count). The molecule has 0 bridgehead atoms. The Morgan fingerprint density at radius 1 is 0.254 bits per heavy atom. The number of nitrogens with one attached hydrogen (secondary N) is 1. The van der Waals surface area contributed by atoms with Crippen LogP contribution in [0.3, 0.4) is 0 Å². The molecule has 0 heterocycles. The maximum atomic E-state index is 10.4. The number of aliphatic carboxylic acids is 2. The topological polar surface area (TPSA) is 127 Å². The van der Waals surface area contributed by atoms with E-state index in [0.29, 0.717) is 25.9 Å². The Labute approximate surface area is 419 Å². The van der Waals surface area contributed by atoms with Crippen molar-refractivity contribution in [3.05, 3.63) is 0 Å². The molecular weight excluding hydrogens is 831 g/mol. The van der Waals surface area contributed by atoms with E-state index in [9.17, 15) is 9.59 Å². The summed E-state index contributed by atoms with van der Waals surface area (Å²) in [4.78, 5) is 20.9. The molecule has 0 aromatic carbocycles. The zero-order valence-corrected chi connectivity index (χ0v) is 45.7. The van der Waals surface area contributed by atoms with E-state index >= 15 is 0 Å². The third kappa shape index (κ3) is 79.2. The smallest absolute Gasteiger partial charge is 0.303 e. The van der Waals surface area contributed by atoms with Crippen molar-refractivity contribution in [3.63, 3.8) is 0 Å². The van der Waals surface area contributed by atoms with Crippen molar-refractivity contribution in [1.29, 1.82) is 0 Å². The maximum absolute atomic E-state index is 10.4. The van der Waals surface area contributed by atoms with Crippen LogP contribution in [0, 0.1) is 0 Å². The number of hydrogen-bond donors (Lipinski definition) is 5. The average molecular weight is 955 g/mol. The standard InChI is InChI=1S/2C28H56O2.C4H11NO2/c2*1-2-3-4-5-6-7-8-9-10-11-12-13-14-15-16-17-18-19-20-21-22-23-24-25-26-27-28(29)30;6-3-1-5-2-4-7/h2*2-27H2,1H3,(H,29,30);5-7H,1-4H2. The third-order valence-corrected chi connectivity index (χ3v) is 13.6. The second-order valence-corrected chi connectivity index (χ2v) is 20.5. The monoisotopic (exact) mass is 954 g/mol. The second kappa shape index (κ2) is 69.1. The van der Waals surface area contributed by atoms with Crippen molar-refractivity contribution in [3.8, 4) is 0 Å². The van der Waals surface area contributed by atoms with Crippen LogP contribution in [0.1, 0.15) is 348 Å². The first-order valence-corrected chi connectivity index (χ1v) is 30.3. The summed E-state index contributed by atoms with van der Waals surface area (Å²) in [5.41, 5.74) is 0. The SMILES string of the molecule is CCCCCCCCCCCCCCCCCCCCCCCCCCCC(=O)O.CCCCCCCCCCCCCCCCCCCCCCCCCCCC(=O)O.OCCNCCO. The molecule has 0 fully saturated rings. The van der Waals surface area contributed by atoms with Gasteiger partial charge in [0.15, 0.2) is 0 Å². The van der Waals surface area contributed by atoms with E-state index in [2.05, 4.69) is 19.2 Å². The Balaban J connectivity index is -0.00000107. The lowest BCUT2D eigenvalue weighted by molar-refractivity contribution is -0.138. The van der Waals surface area contributed by atoms with Crippen LogP contribution in [-0.4, -0.2) is 58.7 Å². The van der Waals surface area contributed by atoms with Crippen molar-refractivity contribution in [2.75, 3.05) is 26.3 Å². The van der Waals surface area contributed by atoms with Crippen LogP contribution >= 0.6 is 0 Å². The molecule has 0 aliphatic carbocycles. The Morgan fingerprint density at radius 2 is 0.388 bits per heavy atom. The zero-order valence-electron chi connectivity index (χ0n) is 45.7. The lowest BCUT2D eigenvalue weighted by atomic mass is 10.0. The summed E-state index contributed by atoms with van der Waals surface area (Å²) < 4.78 is 0. The van der Waals surface area contributed by atoms with E-state index in [-0.39, 0.29) is 13.2 Å². The summed E-state index contributed by atoms with van der Waals surface area (Å²) in [6.07, 6.45) is 70.0. The van der Waals surface area contributed by atoms with Gasteiger partial charge in [0.05, 0.1) is 13.2 Å². The van der Waals surface area contributed by atoms with E-state index in [1.807, 2.05) is 0 Å². The van der Waals surface area contributed by atoms with Gasteiger partial charge in [0, 0.05) is 25.9 Å². The predicted molar refractivity (Wildman–Crippen MR) is 294 cm³/mol. The van der Waals surface area contributed by atoms with Crippen molar-refractivity contribution >= 4 is 11.9 Å². The summed E-state index contributed by atoms with van der Waals surface area (Å²) in [7, 11) is 0. The molecule has 0 aromatic heterocycles. The number of carboxylic acids is 2. The van der Waals surface area contributed by atoms with Crippen LogP contribution in [0.2, 0.25) is 0 Å². The lowest BCUT2D eigenvalue weighted by Gasteiger charge is -2.04. The molecule has 5 N–H and O–H groups in total. The highest BCUT2D eigenvalue weighted by Gasteiger charge is 2.00. The van der Waals surface area contributed by atoms with Gasteiger partial charge in [-0.3, -0.25) is 9.59 Å². The molecule has 0 aliphatic rings. The molecular formula is C60H123NO6. The Morgan fingerprint density at radius 3 is 0.507 bits per heavy atom. The minimum Gasteiger partial charge on any atom is -0.481 e. The highest BCUT2D eigenvalue weighted by atomic mass is 16.4. The summed E-state index contributed by atoms with van der Waals surface area (Å²) in [5.74, 6) is -1.30. The second-order valence-electron chi connectivity index (χ2n) is 20.5. The number of aliphatic hydroxyl groups excluding tert-OH is 2. The molecule has 0 amide bonds. The van der Waals surface area contributed by atoms with Gasteiger partial charge >= 0.3 is 11.9 Å². The number of aliphatic hydroxyl groups is 2.